The third-order valence-electron chi connectivity index (χ3n) is 13.9. The molecule has 4 aromatic heterocycles. The predicted octanol–water partition coefficient (Wildman–Crippen LogP) is 3.70. The van der Waals surface area contributed by atoms with Gasteiger partial charge in [-0.05, 0) is 100 Å². The van der Waals surface area contributed by atoms with Crippen LogP contribution in [0.25, 0.3) is 11.6 Å². The standard InChI is InChI=1S/C44H45BrN10O4/c1-25-34(45)20-55-22-36(51-42(55)49-25)40(59)53-11-9-44(38(57)24-53)15-30-12-26(6-7-29(30)18-48-44)32-13-33(32)31-16-46-41-50-35(21-54(41)19-31)39(58)52-10-8-43(37(56)23-52)14-27-4-2-3-5-28(27)17-47-43/h2-7,12,16,19-22,32-33,37-38,47-48,56-57H,8-11,13-15,17-18,23-24H2,1H3. The van der Waals surface area contributed by atoms with Crippen molar-refractivity contribution in [3.8, 4) is 0 Å². The molecule has 0 radical (unpaired) electrons. The van der Waals surface area contributed by atoms with Crippen molar-refractivity contribution < 1.29 is 19.8 Å². The number of aliphatic hydroxyl groups excluding tert-OH is 2. The van der Waals surface area contributed by atoms with Crippen molar-refractivity contribution in [1.29, 1.82) is 0 Å². The number of rotatable bonds is 4. The van der Waals surface area contributed by atoms with Gasteiger partial charge in [0.15, 0.2) is 0 Å². The Morgan fingerprint density at radius 3 is 2.00 bits per heavy atom. The molecule has 8 heterocycles. The molecule has 2 saturated heterocycles. The van der Waals surface area contributed by atoms with Crippen LogP contribution in [0.4, 0.5) is 0 Å². The van der Waals surface area contributed by atoms with Crippen molar-refractivity contribution in [2.24, 2.45) is 0 Å². The lowest BCUT2D eigenvalue weighted by Gasteiger charge is -2.48. The largest absolute Gasteiger partial charge is 0.389 e. The van der Waals surface area contributed by atoms with E-state index in [1.165, 1.54) is 27.8 Å². The summed E-state index contributed by atoms with van der Waals surface area (Å²) in [6, 6.07) is 15.1. The predicted molar refractivity (Wildman–Crippen MR) is 221 cm³/mol. The number of carbonyl (C=O) groups is 2. The fourth-order valence-electron chi connectivity index (χ4n) is 10.1. The Morgan fingerprint density at radius 1 is 0.729 bits per heavy atom. The van der Waals surface area contributed by atoms with Gasteiger partial charge in [0.25, 0.3) is 11.8 Å². The quantitative estimate of drug-likeness (QED) is 0.206. The number of aromatic nitrogens is 6. The van der Waals surface area contributed by atoms with Crippen LogP contribution in [-0.2, 0) is 25.9 Å². The number of nitrogens with one attached hydrogen (secondary N) is 2. The molecule has 59 heavy (non-hydrogen) atoms. The minimum absolute atomic E-state index is 0.192. The van der Waals surface area contributed by atoms with Crippen LogP contribution in [0.5, 0.6) is 0 Å². The summed E-state index contributed by atoms with van der Waals surface area (Å²) in [4.78, 5) is 48.9. The Kier molecular flexibility index (Phi) is 8.61. The lowest BCUT2D eigenvalue weighted by atomic mass is 9.75. The number of β-amino-alcohol motifs (C(OH)–C–C–N with tert-alkyl or cyclic N) is 2. The lowest BCUT2D eigenvalue weighted by molar-refractivity contribution is -0.0140. The van der Waals surface area contributed by atoms with E-state index in [2.05, 4.69) is 76.8 Å². The number of hydrogen-bond donors (Lipinski definition) is 4. The minimum atomic E-state index is -0.745. The first-order chi connectivity index (χ1) is 28.5. The van der Waals surface area contributed by atoms with E-state index in [9.17, 15) is 19.8 Å². The summed E-state index contributed by atoms with van der Waals surface area (Å²) >= 11 is 3.49. The van der Waals surface area contributed by atoms with Crippen LogP contribution in [0, 0.1) is 6.92 Å². The maximum absolute atomic E-state index is 13.7. The van der Waals surface area contributed by atoms with E-state index >= 15 is 0 Å². The molecular weight excluding hydrogens is 812 g/mol. The highest BCUT2D eigenvalue weighted by Gasteiger charge is 2.48. The van der Waals surface area contributed by atoms with Gasteiger partial charge >= 0.3 is 0 Å². The summed E-state index contributed by atoms with van der Waals surface area (Å²) in [7, 11) is 0. The SMILES string of the molecule is Cc1nc2nc(C(=O)N3CCC4(Cc5cc(C6CC6c6cnc7nc(C(=O)N8CCC9(Cc%10ccccc%10CN9)C(O)C8)cn7c6)ccc5CN4)C(O)C3)cn2cc1Br. The van der Waals surface area contributed by atoms with Crippen molar-refractivity contribution in [2.75, 3.05) is 26.2 Å². The second-order valence-corrected chi connectivity index (χ2v) is 18.2. The number of benzene rings is 2. The molecule has 11 rings (SSSR count). The molecule has 2 aromatic carbocycles. The Balaban J connectivity index is 0.741. The second kappa shape index (κ2) is 13.7. The van der Waals surface area contributed by atoms with Gasteiger partial charge in [0.2, 0.25) is 11.6 Å². The van der Waals surface area contributed by atoms with E-state index in [0.29, 0.717) is 80.2 Å². The first kappa shape index (κ1) is 37.0. The number of fused-ring (bicyclic) bond motifs is 4. The number of piperidine rings is 2. The maximum atomic E-state index is 13.7. The maximum Gasteiger partial charge on any atom is 0.274 e. The average molecular weight is 858 g/mol. The van der Waals surface area contributed by atoms with Gasteiger partial charge in [-0.1, -0.05) is 42.5 Å². The molecule has 14 nitrogen and oxygen atoms in total. The highest BCUT2D eigenvalue weighted by Crippen LogP contribution is 2.55. The van der Waals surface area contributed by atoms with E-state index < -0.39 is 23.3 Å². The molecule has 2 spiro atoms. The number of aryl methyl sites for hydroxylation is 1. The highest BCUT2D eigenvalue weighted by atomic mass is 79.9. The third kappa shape index (κ3) is 6.28. The summed E-state index contributed by atoms with van der Waals surface area (Å²) < 4.78 is 4.43. The summed E-state index contributed by atoms with van der Waals surface area (Å²) in [6.07, 6.45) is 11.5. The van der Waals surface area contributed by atoms with Crippen LogP contribution in [0.15, 0.2) is 77.9 Å². The lowest BCUT2D eigenvalue weighted by Crippen LogP contribution is -2.65. The Hall–Kier alpha value is -5.06. The second-order valence-electron chi connectivity index (χ2n) is 17.4. The number of carbonyl (C=O) groups excluding carboxylic acids is 2. The molecule has 0 bridgehead atoms. The first-order valence-electron chi connectivity index (χ1n) is 20.5. The smallest absolute Gasteiger partial charge is 0.274 e. The molecule has 5 aliphatic rings. The Morgan fingerprint density at radius 2 is 1.32 bits per heavy atom. The average Bonchev–Trinajstić information content (AvgIpc) is 3.77. The Labute approximate surface area is 348 Å². The molecule has 4 N–H and O–H groups in total. The molecule has 6 unspecified atom stereocenters. The van der Waals surface area contributed by atoms with Crippen LogP contribution in [0.1, 0.15) is 91.1 Å². The zero-order valence-corrected chi connectivity index (χ0v) is 34.3. The highest BCUT2D eigenvalue weighted by molar-refractivity contribution is 9.10. The molecule has 1 saturated carbocycles. The normalized spacial score (nSPS) is 27.7. The van der Waals surface area contributed by atoms with E-state index in [1.54, 1.807) is 26.6 Å². The summed E-state index contributed by atoms with van der Waals surface area (Å²) in [5, 5.41) is 30.2. The number of hydrogen-bond acceptors (Lipinski definition) is 10. The summed E-state index contributed by atoms with van der Waals surface area (Å²) in [5.74, 6) is 1.18. The number of imidazole rings is 2. The first-order valence-corrected chi connectivity index (χ1v) is 21.3. The molecule has 6 atom stereocenters. The zero-order valence-electron chi connectivity index (χ0n) is 32.7. The molecule has 3 fully saturated rings. The molecule has 15 heteroatoms. The van der Waals surface area contributed by atoms with Crippen molar-refractivity contribution in [2.45, 2.75) is 87.2 Å². The summed E-state index contributed by atoms with van der Waals surface area (Å²) in [5.41, 5.74) is 7.85. The number of likely N-dealkylation sites (tertiary alicyclic amines) is 2. The van der Waals surface area contributed by atoms with Gasteiger partial charge in [-0.3, -0.25) is 18.4 Å². The molecule has 302 valence electrons. The van der Waals surface area contributed by atoms with Crippen LogP contribution in [0.3, 0.4) is 0 Å². The zero-order chi connectivity index (χ0) is 40.2. The van der Waals surface area contributed by atoms with Crippen LogP contribution in [-0.4, -0.2) is 110 Å². The molecule has 6 aromatic rings. The van der Waals surface area contributed by atoms with Gasteiger partial charge in [-0.15, -0.1) is 0 Å². The van der Waals surface area contributed by atoms with E-state index in [4.69, 9.17) is 0 Å². The van der Waals surface area contributed by atoms with Crippen LogP contribution < -0.4 is 10.6 Å². The molecule has 1 aliphatic carbocycles. The fraction of sp³-hybridized carbons (Fsp3) is 0.409. The van der Waals surface area contributed by atoms with Crippen molar-refractivity contribution in [3.63, 3.8) is 0 Å². The third-order valence-corrected chi connectivity index (χ3v) is 14.7. The monoisotopic (exact) mass is 856 g/mol. The van der Waals surface area contributed by atoms with Gasteiger partial charge < -0.3 is 30.6 Å². The molecule has 2 amide bonds. The molecular formula is C44H45BrN10O4. The van der Waals surface area contributed by atoms with Gasteiger partial charge in [-0.2, -0.15) is 0 Å². The summed E-state index contributed by atoms with van der Waals surface area (Å²) in [6.45, 7) is 4.78. The minimum Gasteiger partial charge on any atom is -0.389 e. The van der Waals surface area contributed by atoms with Crippen molar-refractivity contribution in [1.82, 2.24) is 49.2 Å². The van der Waals surface area contributed by atoms with Crippen LogP contribution in [0.2, 0.25) is 0 Å². The van der Waals surface area contributed by atoms with Crippen LogP contribution >= 0.6 is 15.9 Å². The Bertz CT molecular complexity index is 2660. The van der Waals surface area contributed by atoms with E-state index in [-0.39, 0.29) is 24.9 Å². The van der Waals surface area contributed by atoms with E-state index in [0.717, 1.165) is 28.6 Å². The number of halogens is 1. The molecule has 4 aliphatic heterocycles. The van der Waals surface area contributed by atoms with Gasteiger partial charge in [0.05, 0.1) is 33.5 Å². The topological polar surface area (TPSA) is 166 Å². The number of aliphatic hydroxyl groups is 2. The van der Waals surface area contributed by atoms with Crippen molar-refractivity contribution >= 4 is 39.3 Å². The van der Waals surface area contributed by atoms with Gasteiger partial charge in [0.1, 0.15) is 11.4 Å². The van der Waals surface area contributed by atoms with E-state index in [1.807, 2.05) is 42.0 Å². The van der Waals surface area contributed by atoms with Crippen molar-refractivity contribution in [3.05, 3.63) is 128 Å². The number of amides is 2. The van der Waals surface area contributed by atoms with Gasteiger partial charge in [0, 0.05) is 70.3 Å². The number of nitrogens with zero attached hydrogens (tertiary/aromatic N) is 8. The van der Waals surface area contributed by atoms with Gasteiger partial charge in [-0.25, -0.2) is 19.9 Å². The fourth-order valence-corrected chi connectivity index (χ4v) is 10.5.